The highest BCUT2D eigenvalue weighted by Crippen LogP contribution is 2.31. The molecule has 1 aliphatic heterocycles. The van der Waals surface area contributed by atoms with E-state index < -0.39 is 0 Å². The molecule has 0 N–H and O–H groups in total. The van der Waals surface area contributed by atoms with Crippen LogP contribution in [0.15, 0.2) is 4.52 Å². The zero-order valence-electron chi connectivity index (χ0n) is 11.9. The lowest BCUT2D eigenvalue weighted by molar-refractivity contribution is -0.130. The van der Waals surface area contributed by atoms with Gasteiger partial charge >= 0.3 is 0 Å². The second-order valence-electron chi connectivity index (χ2n) is 5.69. The molecule has 3 rings (SSSR count). The minimum Gasteiger partial charge on any atom is -0.381 e. The average molecular weight is 279 g/mol. The van der Waals surface area contributed by atoms with Gasteiger partial charge in [-0.3, -0.25) is 4.79 Å². The number of hydrogen-bond acceptors (Lipinski definition) is 5. The smallest absolute Gasteiger partial charge is 0.249 e. The summed E-state index contributed by atoms with van der Waals surface area (Å²) in [6.45, 7) is 3.85. The van der Waals surface area contributed by atoms with Crippen LogP contribution in [-0.4, -0.2) is 40.7 Å². The monoisotopic (exact) mass is 279 g/mol. The Hall–Kier alpha value is -1.43. The molecule has 20 heavy (non-hydrogen) atoms. The van der Waals surface area contributed by atoms with Gasteiger partial charge in [-0.25, -0.2) is 0 Å². The third-order valence-corrected chi connectivity index (χ3v) is 3.95. The average Bonchev–Trinajstić information content (AvgIpc) is 2.93. The van der Waals surface area contributed by atoms with E-state index in [1.165, 1.54) is 12.8 Å². The predicted octanol–water partition coefficient (Wildman–Crippen LogP) is 1.72. The minimum absolute atomic E-state index is 0.0406. The molecular formula is C14H21N3O3. The van der Waals surface area contributed by atoms with Gasteiger partial charge in [-0.05, 0) is 31.6 Å². The van der Waals surface area contributed by atoms with Crippen molar-refractivity contribution in [2.24, 2.45) is 5.92 Å². The summed E-state index contributed by atoms with van der Waals surface area (Å²) in [7, 11) is 0. The Kier molecular flexibility index (Phi) is 4.00. The Balaban J connectivity index is 1.51. The van der Waals surface area contributed by atoms with Gasteiger partial charge in [0.15, 0.2) is 5.82 Å². The van der Waals surface area contributed by atoms with E-state index in [1.807, 2.05) is 0 Å². The van der Waals surface area contributed by atoms with Crippen LogP contribution in [0.5, 0.6) is 0 Å². The number of amides is 1. The van der Waals surface area contributed by atoms with Crippen LogP contribution < -0.4 is 0 Å². The fourth-order valence-electron chi connectivity index (χ4n) is 2.60. The molecule has 2 fully saturated rings. The van der Waals surface area contributed by atoms with E-state index >= 15 is 0 Å². The molecule has 2 aliphatic rings. The fraction of sp³-hybridized carbons (Fsp3) is 0.786. The van der Waals surface area contributed by atoms with Crippen molar-refractivity contribution in [3.05, 3.63) is 11.7 Å². The third kappa shape index (κ3) is 3.17. The molecule has 0 bridgehead atoms. The summed E-state index contributed by atoms with van der Waals surface area (Å²) in [6.07, 6.45) is 5.17. The molecule has 0 spiro atoms. The highest BCUT2D eigenvalue weighted by Gasteiger charge is 2.32. The van der Waals surface area contributed by atoms with Gasteiger partial charge in [0.05, 0.1) is 6.61 Å². The maximum absolute atomic E-state index is 11.5. The van der Waals surface area contributed by atoms with E-state index in [9.17, 15) is 4.79 Å². The van der Waals surface area contributed by atoms with Gasteiger partial charge in [-0.1, -0.05) is 5.16 Å². The molecule has 110 valence electrons. The van der Waals surface area contributed by atoms with Crippen molar-refractivity contribution in [3.63, 3.8) is 0 Å². The first kappa shape index (κ1) is 13.5. The number of aromatic nitrogens is 2. The van der Waals surface area contributed by atoms with Crippen molar-refractivity contribution in [1.82, 2.24) is 15.0 Å². The molecule has 1 saturated carbocycles. The number of hydrogen-bond donors (Lipinski definition) is 0. The summed E-state index contributed by atoms with van der Waals surface area (Å²) in [6, 6.07) is -0.0406. The van der Waals surface area contributed by atoms with Crippen LogP contribution in [0, 0.1) is 5.92 Å². The van der Waals surface area contributed by atoms with Crippen LogP contribution in [0.4, 0.5) is 0 Å². The Morgan fingerprint density at radius 2 is 2.30 bits per heavy atom. The molecule has 0 radical (unpaired) electrons. The largest absolute Gasteiger partial charge is 0.381 e. The van der Waals surface area contributed by atoms with Gasteiger partial charge < -0.3 is 14.2 Å². The standard InChI is InChI=1S/C14H21N3O3/c1-10(18)17-7-2-3-12(17)14-15-13(16-20-14)6-8-19-9-11-4-5-11/h11-12H,2-9H2,1H3. The zero-order valence-corrected chi connectivity index (χ0v) is 11.9. The van der Waals surface area contributed by atoms with E-state index in [4.69, 9.17) is 9.26 Å². The van der Waals surface area contributed by atoms with E-state index in [1.54, 1.807) is 11.8 Å². The summed E-state index contributed by atoms with van der Waals surface area (Å²) >= 11 is 0. The molecule has 0 aromatic carbocycles. The first-order valence-electron chi connectivity index (χ1n) is 7.41. The normalized spacial score (nSPS) is 22.4. The first-order valence-corrected chi connectivity index (χ1v) is 7.41. The SMILES string of the molecule is CC(=O)N1CCCC1c1nc(CCOCC2CC2)no1. The summed E-state index contributed by atoms with van der Waals surface area (Å²) in [5.74, 6) is 2.08. The number of rotatable bonds is 6. The summed E-state index contributed by atoms with van der Waals surface area (Å²) in [5, 5.41) is 3.98. The lowest BCUT2D eigenvalue weighted by atomic mass is 10.2. The molecule has 1 aliphatic carbocycles. The van der Waals surface area contributed by atoms with Gasteiger partial charge in [0, 0.05) is 26.5 Å². The highest BCUT2D eigenvalue weighted by atomic mass is 16.5. The molecule has 1 saturated heterocycles. The van der Waals surface area contributed by atoms with Crippen LogP contribution in [0.3, 0.4) is 0 Å². The van der Waals surface area contributed by atoms with Crippen molar-refractivity contribution in [2.75, 3.05) is 19.8 Å². The van der Waals surface area contributed by atoms with E-state index in [0.29, 0.717) is 24.7 Å². The van der Waals surface area contributed by atoms with E-state index in [-0.39, 0.29) is 11.9 Å². The molecule has 1 aromatic rings. The lowest BCUT2D eigenvalue weighted by Crippen LogP contribution is -2.28. The lowest BCUT2D eigenvalue weighted by Gasteiger charge is -2.19. The van der Waals surface area contributed by atoms with Crippen LogP contribution in [0.2, 0.25) is 0 Å². The quantitative estimate of drug-likeness (QED) is 0.742. The summed E-state index contributed by atoms with van der Waals surface area (Å²) < 4.78 is 10.9. The van der Waals surface area contributed by atoms with E-state index in [0.717, 1.165) is 31.9 Å². The Labute approximate surface area is 118 Å². The second-order valence-corrected chi connectivity index (χ2v) is 5.69. The molecule has 1 amide bonds. The van der Waals surface area contributed by atoms with Crippen molar-refractivity contribution < 1.29 is 14.1 Å². The molecule has 2 heterocycles. The number of nitrogens with zero attached hydrogens (tertiary/aromatic N) is 3. The maximum atomic E-state index is 11.5. The predicted molar refractivity (Wildman–Crippen MR) is 70.9 cm³/mol. The van der Waals surface area contributed by atoms with Crippen LogP contribution in [-0.2, 0) is 16.0 Å². The molecule has 6 heteroatoms. The van der Waals surface area contributed by atoms with Gasteiger partial charge in [-0.2, -0.15) is 4.98 Å². The Bertz CT molecular complexity index is 470. The molecule has 1 atom stereocenters. The van der Waals surface area contributed by atoms with Crippen molar-refractivity contribution in [1.29, 1.82) is 0 Å². The number of ether oxygens (including phenoxy) is 1. The number of likely N-dealkylation sites (tertiary alicyclic amines) is 1. The van der Waals surface area contributed by atoms with Crippen LogP contribution >= 0.6 is 0 Å². The Morgan fingerprint density at radius 1 is 1.45 bits per heavy atom. The number of carbonyl (C=O) groups excluding carboxylic acids is 1. The van der Waals surface area contributed by atoms with Crippen molar-refractivity contribution in [2.45, 2.75) is 45.1 Å². The van der Waals surface area contributed by atoms with Gasteiger partial charge in [0.1, 0.15) is 6.04 Å². The highest BCUT2D eigenvalue weighted by molar-refractivity contribution is 5.73. The zero-order chi connectivity index (χ0) is 13.9. The van der Waals surface area contributed by atoms with Gasteiger partial charge in [0.2, 0.25) is 11.8 Å². The third-order valence-electron chi connectivity index (χ3n) is 3.95. The van der Waals surface area contributed by atoms with Crippen LogP contribution in [0.1, 0.15) is 50.4 Å². The van der Waals surface area contributed by atoms with Crippen LogP contribution in [0.25, 0.3) is 0 Å². The Morgan fingerprint density at radius 3 is 3.05 bits per heavy atom. The van der Waals surface area contributed by atoms with Gasteiger partial charge in [0.25, 0.3) is 0 Å². The number of carbonyl (C=O) groups is 1. The second kappa shape index (κ2) is 5.91. The topological polar surface area (TPSA) is 68.5 Å². The first-order chi connectivity index (χ1) is 9.74. The molecule has 1 aromatic heterocycles. The maximum Gasteiger partial charge on any atom is 0.249 e. The molecule has 6 nitrogen and oxygen atoms in total. The fourth-order valence-corrected chi connectivity index (χ4v) is 2.60. The summed E-state index contributed by atoms with van der Waals surface area (Å²) in [5.41, 5.74) is 0. The minimum atomic E-state index is -0.0406. The van der Waals surface area contributed by atoms with Gasteiger partial charge in [-0.15, -0.1) is 0 Å². The van der Waals surface area contributed by atoms with Crippen molar-refractivity contribution in [3.8, 4) is 0 Å². The van der Waals surface area contributed by atoms with Crippen molar-refractivity contribution >= 4 is 5.91 Å². The molecular weight excluding hydrogens is 258 g/mol. The molecule has 1 unspecified atom stereocenters. The van der Waals surface area contributed by atoms with E-state index in [2.05, 4.69) is 10.1 Å². The summed E-state index contributed by atoms with van der Waals surface area (Å²) in [4.78, 5) is 17.7.